The number of amides is 1. The fourth-order valence-electron chi connectivity index (χ4n) is 4.66. The van der Waals surface area contributed by atoms with Crippen molar-refractivity contribution in [2.24, 2.45) is 5.41 Å². The molecule has 2 aromatic carbocycles. The Labute approximate surface area is 200 Å². The lowest BCUT2D eigenvalue weighted by molar-refractivity contribution is -0.142. The number of hydrogen-bond donors (Lipinski definition) is 3. The summed E-state index contributed by atoms with van der Waals surface area (Å²) in [5, 5.41) is 26.1. The molecule has 2 aliphatic heterocycles. The number of ether oxygens (including phenoxy) is 3. The van der Waals surface area contributed by atoms with Crippen molar-refractivity contribution >= 4 is 17.7 Å². The molecule has 1 saturated heterocycles. The van der Waals surface area contributed by atoms with E-state index in [-0.39, 0.29) is 16.7 Å². The average Bonchev–Trinajstić information content (AvgIpc) is 2.81. The maximum absolute atomic E-state index is 12.8. The van der Waals surface area contributed by atoms with Crippen LogP contribution in [0.3, 0.4) is 0 Å². The van der Waals surface area contributed by atoms with Crippen molar-refractivity contribution in [2.45, 2.75) is 50.9 Å². The van der Waals surface area contributed by atoms with Crippen LogP contribution < -0.4 is 10.1 Å². The van der Waals surface area contributed by atoms with Gasteiger partial charge >= 0.3 is 0 Å². The first kappa shape index (κ1) is 24.3. The minimum atomic E-state index is -1.91. The highest BCUT2D eigenvalue weighted by molar-refractivity contribution is 6.00. The number of benzene rings is 2. The molecule has 34 heavy (non-hydrogen) atoms. The number of methoxy groups -OCH3 is 2. The van der Waals surface area contributed by atoms with E-state index in [1.54, 1.807) is 49.6 Å². The van der Waals surface area contributed by atoms with Crippen LogP contribution in [0, 0.1) is 5.41 Å². The third-order valence-electron chi connectivity index (χ3n) is 6.94. The molecule has 3 atom stereocenters. The number of hydrogen-bond acceptors (Lipinski definition) is 6. The number of phenolic OH excluding ortho intramolecular Hbond substituents is 1. The molecule has 2 aromatic rings. The Morgan fingerprint density at radius 3 is 2.38 bits per heavy atom. The molecule has 0 unspecified atom stereocenters. The molecule has 0 bridgehead atoms. The molecule has 1 amide bonds. The lowest BCUT2D eigenvalue weighted by atomic mass is 9.76. The van der Waals surface area contributed by atoms with E-state index in [9.17, 15) is 15.0 Å². The molecule has 7 nitrogen and oxygen atoms in total. The van der Waals surface area contributed by atoms with Crippen LogP contribution in [0.15, 0.2) is 42.5 Å². The summed E-state index contributed by atoms with van der Waals surface area (Å²) in [4.78, 5) is 12.8. The van der Waals surface area contributed by atoms with Gasteiger partial charge in [-0.2, -0.15) is 0 Å². The molecule has 2 heterocycles. The van der Waals surface area contributed by atoms with Gasteiger partial charge in [0.25, 0.3) is 5.91 Å². The van der Waals surface area contributed by atoms with Gasteiger partial charge in [-0.3, -0.25) is 4.79 Å². The maximum atomic E-state index is 12.8. The van der Waals surface area contributed by atoms with Crippen molar-refractivity contribution in [1.29, 1.82) is 0 Å². The van der Waals surface area contributed by atoms with E-state index in [0.29, 0.717) is 29.2 Å². The van der Waals surface area contributed by atoms with E-state index in [4.69, 9.17) is 14.2 Å². The number of aromatic hydroxyl groups is 1. The highest BCUT2D eigenvalue weighted by Crippen LogP contribution is 2.48. The number of aliphatic hydroxyl groups is 1. The number of carbonyl (C=O) groups excluding carboxylic acids is 1. The predicted octanol–water partition coefficient (Wildman–Crippen LogP) is 4.21. The minimum absolute atomic E-state index is 0.131. The number of phenols is 1. The number of anilines is 1. The van der Waals surface area contributed by atoms with Crippen LogP contribution in [0.2, 0.25) is 0 Å². The fourth-order valence-corrected chi connectivity index (χ4v) is 4.66. The average molecular weight is 468 g/mol. The first-order chi connectivity index (χ1) is 16.0. The largest absolute Gasteiger partial charge is 0.507 e. The number of rotatable bonds is 5. The van der Waals surface area contributed by atoms with E-state index >= 15 is 0 Å². The lowest BCUT2D eigenvalue weighted by Crippen LogP contribution is -2.52. The summed E-state index contributed by atoms with van der Waals surface area (Å²) in [6, 6.07) is 10.1. The van der Waals surface area contributed by atoms with Gasteiger partial charge in [0.2, 0.25) is 0 Å². The number of carbonyl (C=O) groups is 1. The smallest absolute Gasteiger partial charge is 0.257 e. The molecule has 0 aliphatic carbocycles. The highest BCUT2D eigenvalue weighted by atomic mass is 16.5. The lowest BCUT2D eigenvalue weighted by Gasteiger charge is -2.41. The summed E-state index contributed by atoms with van der Waals surface area (Å²) in [6.07, 6.45) is 4.38. The van der Waals surface area contributed by atoms with E-state index in [1.807, 2.05) is 13.0 Å². The molecule has 182 valence electrons. The fraction of sp³-hybridized carbons (Fsp3) is 0.444. The maximum Gasteiger partial charge on any atom is 0.257 e. The molecular formula is C27H33NO6. The van der Waals surface area contributed by atoms with Gasteiger partial charge in [-0.15, -0.1) is 0 Å². The summed E-state index contributed by atoms with van der Waals surface area (Å²) in [5.74, 6) is -0.0257. The summed E-state index contributed by atoms with van der Waals surface area (Å²) in [6.45, 7) is 7.06. The second kappa shape index (κ2) is 8.73. The van der Waals surface area contributed by atoms with Crippen LogP contribution in [0.5, 0.6) is 11.5 Å². The zero-order valence-electron chi connectivity index (χ0n) is 20.3. The van der Waals surface area contributed by atoms with E-state index < -0.39 is 23.2 Å². The molecule has 3 N–H and O–H groups in total. The molecule has 0 aromatic heterocycles. The van der Waals surface area contributed by atoms with Crippen LogP contribution in [0.1, 0.15) is 50.3 Å². The van der Waals surface area contributed by atoms with Gasteiger partial charge in [-0.25, -0.2) is 0 Å². The molecular weight excluding hydrogens is 434 g/mol. The SMILES string of the molecule is COc1ccc([C@]2(O)c3c(ccc(/C=C/[C@]4(C)CCC(C)(C)CO4)c3O)NC(=O)[C@@H]2OC)cc1. The quantitative estimate of drug-likeness (QED) is 0.610. The Morgan fingerprint density at radius 2 is 1.79 bits per heavy atom. The van der Waals surface area contributed by atoms with Crippen molar-refractivity contribution in [3.8, 4) is 11.5 Å². The summed E-state index contributed by atoms with van der Waals surface area (Å²) in [5.41, 5.74) is -0.808. The van der Waals surface area contributed by atoms with Crippen LogP contribution in [-0.2, 0) is 19.9 Å². The molecule has 0 saturated carbocycles. The Kier molecular flexibility index (Phi) is 6.23. The Bertz CT molecular complexity index is 1100. The normalized spacial score (nSPS) is 28.4. The predicted molar refractivity (Wildman–Crippen MR) is 130 cm³/mol. The van der Waals surface area contributed by atoms with Crippen molar-refractivity contribution in [2.75, 3.05) is 26.1 Å². The summed E-state index contributed by atoms with van der Waals surface area (Å²) < 4.78 is 16.8. The molecule has 0 radical (unpaired) electrons. The van der Waals surface area contributed by atoms with Crippen molar-refractivity contribution in [3.05, 3.63) is 59.2 Å². The first-order valence-electron chi connectivity index (χ1n) is 11.4. The zero-order chi connectivity index (χ0) is 24.7. The minimum Gasteiger partial charge on any atom is -0.507 e. The van der Waals surface area contributed by atoms with Crippen molar-refractivity contribution < 1.29 is 29.2 Å². The summed E-state index contributed by atoms with van der Waals surface area (Å²) >= 11 is 0. The molecule has 1 fully saturated rings. The second-order valence-electron chi connectivity index (χ2n) is 10.1. The van der Waals surface area contributed by atoms with E-state index in [2.05, 4.69) is 19.2 Å². The number of fused-ring (bicyclic) bond motifs is 1. The van der Waals surface area contributed by atoms with Crippen LogP contribution in [0.25, 0.3) is 6.08 Å². The monoisotopic (exact) mass is 467 g/mol. The van der Waals surface area contributed by atoms with Gasteiger partial charge in [0.15, 0.2) is 11.7 Å². The molecule has 7 heteroatoms. The van der Waals surface area contributed by atoms with Gasteiger partial charge in [0.1, 0.15) is 11.5 Å². The summed E-state index contributed by atoms with van der Waals surface area (Å²) in [7, 11) is 2.90. The van der Waals surface area contributed by atoms with Crippen molar-refractivity contribution in [1.82, 2.24) is 0 Å². The van der Waals surface area contributed by atoms with Crippen LogP contribution >= 0.6 is 0 Å². The van der Waals surface area contributed by atoms with Gasteiger partial charge in [0, 0.05) is 12.7 Å². The molecule has 0 spiro atoms. The standard InChI is InChI=1S/C27H33NO6/c1-25(2)14-15-26(3,34-16-25)13-12-17-6-11-20-21(22(17)29)27(31,23(33-5)24(30)28-20)18-7-9-19(32-4)10-8-18/h6-13,23,29,31H,14-16H2,1-5H3,(H,28,30)/b13-12+/t23-,26+,27-/m0/s1. The van der Waals surface area contributed by atoms with Gasteiger partial charge in [-0.1, -0.05) is 38.1 Å². The van der Waals surface area contributed by atoms with Crippen LogP contribution in [-0.4, -0.2) is 48.7 Å². The second-order valence-corrected chi connectivity index (χ2v) is 10.1. The Morgan fingerprint density at radius 1 is 1.09 bits per heavy atom. The molecule has 4 rings (SSSR count). The van der Waals surface area contributed by atoms with Gasteiger partial charge < -0.3 is 29.7 Å². The Balaban J connectivity index is 1.78. The van der Waals surface area contributed by atoms with Gasteiger partial charge in [-0.05, 0) is 55.0 Å². The number of nitrogens with one attached hydrogen (secondary N) is 1. The first-order valence-corrected chi connectivity index (χ1v) is 11.4. The van der Waals surface area contributed by atoms with E-state index in [0.717, 1.165) is 12.8 Å². The molecule has 2 aliphatic rings. The third-order valence-corrected chi connectivity index (χ3v) is 6.94. The third kappa shape index (κ3) is 4.19. The zero-order valence-corrected chi connectivity index (χ0v) is 20.3. The van der Waals surface area contributed by atoms with Crippen LogP contribution in [0.4, 0.5) is 5.69 Å². The topological polar surface area (TPSA) is 97.3 Å². The van der Waals surface area contributed by atoms with E-state index in [1.165, 1.54) is 7.11 Å². The van der Waals surface area contributed by atoms with Crippen molar-refractivity contribution in [3.63, 3.8) is 0 Å². The van der Waals surface area contributed by atoms with Gasteiger partial charge in [0.05, 0.1) is 30.6 Å². The highest BCUT2D eigenvalue weighted by Gasteiger charge is 2.51. The Hall–Kier alpha value is -2.87.